The van der Waals surface area contributed by atoms with Gasteiger partial charge in [0.05, 0.1) is 11.2 Å². The zero-order valence-corrected chi connectivity index (χ0v) is 17.8. The molecular formula is C24H30N4O3. The Morgan fingerprint density at radius 1 is 0.968 bits per heavy atom. The second-order valence-corrected chi connectivity index (χ2v) is 6.94. The fourth-order valence-corrected chi connectivity index (χ4v) is 2.91. The molecule has 7 heteroatoms. The molecule has 0 aliphatic carbocycles. The first-order chi connectivity index (χ1) is 15.1. The molecule has 3 aromatic rings. The number of carbonyl (C=O) groups is 2. The molecule has 4 N–H and O–H groups in total. The topological polar surface area (TPSA) is 106 Å². The first-order valence-corrected chi connectivity index (χ1v) is 10.3. The van der Waals surface area contributed by atoms with E-state index in [0.29, 0.717) is 6.42 Å². The third kappa shape index (κ3) is 9.27. The molecule has 0 saturated carbocycles. The number of aromatic nitrogens is 1. The zero-order valence-electron chi connectivity index (χ0n) is 17.8. The molecule has 0 bridgehead atoms. The predicted molar refractivity (Wildman–Crippen MR) is 124 cm³/mol. The quantitative estimate of drug-likeness (QED) is 0.447. The zero-order chi connectivity index (χ0) is 22.3. The fourth-order valence-electron chi connectivity index (χ4n) is 2.91. The number of hydrogen-bond acceptors (Lipinski definition) is 5. The lowest BCUT2D eigenvalue weighted by atomic mass is 10.1. The lowest BCUT2D eigenvalue weighted by molar-refractivity contribution is -0.116. The third-order valence-electron chi connectivity index (χ3n) is 4.46. The first-order valence-electron chi connectivity index (χ1n) is 10.3. The minimum atomic E-state index is -0.742. The Kier molecular flexibility index (Phi) is 10.5. The van der Waals surface area contributed by atoms with Gasteiger partial charge in [-0.15, -0.1) is 0 Å². The van der Waals surface area contributed by atoms with Gasteiger partial charge in [0.15, 0.2) is 0 Å². The number of rotatable bonds is 9. The van der Waals surface area contributed by atoms with Gasteiger partial charge in [-0.05, 0) is 44.1 Å². The highest BCUT2D eigenvalue weighted by atomic mass is 16.5. The van der Waals surface area contributed by atoms with Crippen LogP contribution in [0.5, 0.6) is 0 Å². The van der Waals surface area contributed by atoms with Crippen molar-refractivity contribution in [2.24, 2.45) is 5.73 Å². The van der Waals surface area contributed by atoms with Crippen LogP contribution in [-0.4, -0.2) is 30.6 Å². The number of unbranched alkanes of at least 4 members (excludes halogenated alkanes) is 2. The highest BCUT2D eigenvalue weighted by Gasteiger charge is 2.06. The molecule has 2 aromatic carbocycles. The Balaban J connectivity index is 0.000000262. The van der Waals surface area contributed by atoms with Gasteiger partial charge in [-0.1, -0.05) is 55.0 Å². The predicted octanol–water partition coefficient (Wildman–Crippen LogP) is 4.24. The van der Waals surface area contributed by atoms with E-state index >= 15 is 0 Å². The fraction of sp³-hybridized carbons (Fsp3) is 0.292. The molecule has 0 aliphatic rings. The summed E-state index contributed by atoms with van der Waals surface area (Å²) in [5, 5.41) is 7.11. The summed E-state index contributed by atoms with van der Waals surface area (Å²) in [6.07, 6.45) is 4.67. The molecule has 0 spiro atoms. The summed E-state index contributed by atoms with van der Waals surface area (Å²) < 4.78 is 4.57. The molecule has 2 amide bonds. The van der Waals surface area contributed by atoms with Gasteiger partial charge in [0.1, 0.15) is 6.61 Å². The first kappa shape index (κ1) is 23.8. The number of para-hydroxylation sites is 1. The van der Waals surface area contributed by atoms with Gasteiger partial charge in [0.2, 0.25) is 5.91 Å². The number of nitrogens with two attached hydrogens (primary N) is 1. The Hall–Kier alpha value is -3.45. The minimum Gasteiger partial charge on any atom is -0.445 e. The van der Waals surface area contributed by atoms with Crippen LogP contribution in [0.4, 0.5) is 10.5 Å². The van der Waals surface area contributed by atoms with E-state index in [9.17, 15) is 9.59 Å². The summed E-state index contributed by atoms with van der Waals surface area (Å²) in [5.74, 6) is 0.0626. The Morgan fingerprint density at radius 2 is 1.74 bits per heavy atom. The molecule has 0 unspecified atom stereocenters. The van der Waals surface area contributed by atoms with Gasteiger partial charge >= 0.3 is 6.09 Å². The van der Waals surface area contributed by atoms with Crippen molar-refractivity contribution in [3.8, 4) is 0 Å². The van der Waals surface area contributed by atoms with Crippen LogP contribution < -0.4 is 16.4 Å². The van der Waals surface area contributed by atoms with Gasteiger partial charge in [-0.2, -0.15) is 0 Å². The van der Waals surface area contributed by atoms with E-state index in [1.54, 1.807) is 6.20 Å². The van der Waals surface area contributed by atoms with E-state index in [-0.39, 0.29) is 12.5 Å². The van der Waals surface area contributed by atoms with Crippen LogP contribution in [0.2, 0.25) is 0 Å². The number of anilines is 1. The average molecular weight is 423 g/mol. The molecule has 3 rings (SSSR count). The second-order valence-electron chi connectivity index (χ2n) is 6.94. The van der Waals surface area contributed by atoms with Crippen LogP contribution in [0, 0.1) is 0 Å². The highest BCUT2D eigenvalue weighted by Crippen LogP contribution is 2.20. The molecule has 0 saturated heterocycles. The molecule has 1 heterocycles. The maximum Gasteiger partial charge on any atom is 0.404 e. The molecule has 0 fully saturated rings. The number of fused-ring (bicyclic) bond motifs is 1. The van der Waals surface area contributed by atoms with Crippen molar-refractivity contribution in [1.29, 1.82) is 0 Å². The number of pyridine rings is 1. The average Bonchev–Trinajstić information content (AvgIpc) is 2.79. The standard InChI is InChI=1S/C16H21N3O.C8H9NO2/c1-17-11-4-2-3-10-15(20)19-14-9-5-7-13-8-6-12-18-16(13)14;9-8(10)11-6-7-4-2-1-3-5-7/h5-9,12,17H,2-4,10-11H2,1H3,(H,19,20);1-5H,6H2,(H2,9,10). The van der Waals surface area contributed by atoms with Crippen LogP contribution in [0.15, 0.2) is 66.9 Å². The Bertz CT molecular complexity index is 942. The number of nitrogens with zero attached hydrogens (tertiary/aromatic N) is 1. The highest BCUT2D eigenvalue weighted by molar-refractivity contribution is 6.00. The van der Waals surface area contributed by atoms with Crippen molar-refractivity contribution in [2.45, 2.75) is 32.3 Å². The number of hydrogen-bond donors (Lipinski definition) is 3. The van der Waals surface area contributed by atoms with Crippen LogP contribution in [0.1, 0.15) is 31.2 Å². The summed E-state index contributed by atoms with van der Waals surface area (Å²) in [4.78, 5) is 26.4. The molecule has 31 heavy (non-hydrogen) atoms. The number of nitrogens with one attached hydrogen (secondary N) is 2. The lowest BCUT2D eigenvalue weighted by Gasteiger charge is -2.08. The van der Waals surface area contributed by atoms with E-state index in [1.807, 2.05) is 67.7 Å². The third-order valence-corrected chi connectivity index (χ3v) is 4.46. The molecule has 164 valence electrons. The molecule has 0 aliphatic heterocycles. The molecule has 0 atom stereocenters. The molecular weight excluding hydrogens is 392 g/mol. The van der Waals surface area contributed by atoms with E-state index in [2.05, 4.69) is 20.4 Å². The van der Waals surface area contributed by atoms with Gasteiger partial charge in [0.25, 0.3) is 0 Å². The Labute approximate surface area is 183 Å². The van der Waals surface area contributed by atoms with Crippen molar-refractivity contribution in [3.05, 3.63) is 72.4 Å². The maximum atomic E-state index is 11.9. The second kappa shape index (κ2) is 13.7. The maximum absolute atomic E-state index is 11.9. The lowest BCUT2D eigenvalue weighted by Crippen LogP contribution is -2.12. The number of carbonyl (C=O) groups excluding carboxylic acids is 2. The van der Waals surface area contributed by atoms with Crippen LogP contribution in [-0.2, 0) is 16.1 Å². The van der Waals surface area contributed by atoms with Gasteiger partial charge in [0, 0.05) is 18.0 Å². The SMILES string of the molecule is CNCCCCCC(=O)Nc1cccc2cccnc12.NC(=O)OCc1ccccc1. The summed E-state index contributed by atoms with van der Waals surface area (Å²) in [6, 6.07) is 19.1. The molecule has 0 radical (unpaired) electrons. The summed E-state index contributed by atoms with van der Waals surface area (Å²) in [5.41, 5.74) is 7.36. The molecule has 7 nitrogen and oxygen atoms in total. The summed E-state index contributed by atoms with van der Waals surface area (Å²) in [6.45, 7) is 1.25. The summed E-state index contributed by atoms with van der Waals surface area (Å²) >= 11 is 0. The van der Waals surface area contributed by atoms with Crippen LogP contribution in [0.3, 0.4) is 0 Å². The van der Waals surface area contributed by atoms with Crippen molar-refractivity contribution in [1.82, 2.24) is 10.3 Å². The largest absolute Gasteiger partial charge is 0.445 e. The van der Waals surface area contributed by atoms with E-state index in [4.69, 9.17) is 5.73 Å². The van der Waals surface area contributed by atoms with E-state index < -0.39 is 6.09 Å². The number of amides is 2. The normalized spacial score (nSPS) is 10.1. The monoisotopic (exact) mass is 422 g/mol. The van der Waals surface area contributed by atoms with Crippen molar-refractivity contribution >= 4 is 28.6 Å². The molecule has 1 aromatic heterocycles. The summed E-state index contributed by atoms with van der Waals surface area (Å²) in [7, 11) is 1.94. The van der Waals surface area contributed by atoms with Gasteiger partial charge in [-0.3, -0.25) is 9.78 Å². The van der Waals surface area contributed by atoms with Crippen LogP contribution in [0.25, 0.3) is 10.9 Å². The van der Waals surface area contributed by atoms with E-state index in [1.165, 1.54) is 0 Å². The van der Waals surface area contributed by atoms with Crippen molar-refractivity contribution in [3.63, 3.8) is 0 Å². The van der Waals surface area contributed by atoms with E-state index in [0.717, 1.165) is 48.0 Å². The minimum absolute atomic E-state index is 0.0626. The van der Waals surface area contributed by atoms with Crippen molar-refractivity contribution in [2.75, 3.05) is 18.9 Å². The van der Waals surface area contributed by atoms with Gasteiger partial charge < -0.3 is 21.1 Å². The Morgan fingerprint density at radius 3 is 2.48 bits per heavy atom. The van der Waals surface area contributed by atoms with Gasteiger partial charge in [-0.25, -0.2) is 4.79 Å². The number of primary amides is 1. The van der Waals surface area contributed by atoms with Crippen molar-refractivity contribution < 1.29 is 14.3 Å². The number of benzene rings is 2. The smallest absolute Gasteiger partial charge is 0.404 e. The van der Waals surface area contributed by atoms with Crippen LogP contribution >= 0.6 is 0 Å². The number of ether oxygens (including phenoxy) is 1.